The van der Waals surface area contributed by atoms with Gasteiger partial charge in [0, 0.05) is 5.56 Å². The number of hydrogen-bond donors (Lipinski definition) is 2. The Morgan fingerprint density at radius 1 is 1.22 bits per heavy atom. The summed E-state index contributed by atoms with van der Waals surface area (Å²) in [7, 11) is 0. The summed E-state index contributed by atoms with van der Waals surface area (Å²) in [6, 6.07) is 4.80. The van der Waals surface area contributed by atoms with E-state index in [1.165, 1.54) is 12.1 Å². The monoisotopic (exact) mass is 348 g/mol. The Morgan fingerprint density at radius 3 is 2.57 bits per heavy atom. The zero-order valence-corrected chi connectivity index (χ0v) is 12.0. The Morgan fingerprint density at radius 2 is 1.96 bits per heavy atom. The number of amides is 2. The fourth-order valence-electron chi connectivity index (χ4n) is 1.44. The normalized spacial score (nSPS) is 11.1. The molecular weight excluding hydrogens is 340 g/mol. The molecule has 0 atom stereocenters. The van der Waals surface area contributed by atoms with Crippen molar-refractivity contribution in [2.24, 2.45) is 0 Å². The number of carbonyl (C=O) groups excluding carboxylic acids is 2. The highest BCUT2D eigenvalue weighted by atomic mass is 32.1. The highest BCUT2D eigenvalue weighted by Crippen LogP contribution is 2.32. The van der Waals surface area contributed by atoms with E-state index in [0.29, 0.717) is 0 Å². The van der Waals surface area contributed by atoms with Gasteiger partial charge in [0.1, 0.15) is 5.82 Å². The molecule has 1 aromatic carbocycles. The third-order valence-corrected chi connectivity index (χ3v) is 3.29. The van der Waals surface area contributed by atoms with Crippen molar-refractivity contribution in [3.8, 4) is 0 Å². The highest BCUT2D eigenvalue weighted by Gasteiger charge is 2.35. The van der Waals surface area contributed by atoms with Crippen LogP contribution in [-0.4, -0.2) is 28.6 Å². The zero-order chi connectivity index (χ0) is 17.0. The lowest BCUT2D eigenvalue weighted by Gasteiger charge is -2.05. The minimum Gasteiger partial charge on any atom is -0.343 e. The van der Waals surface area contributed by atoms with Crippen LogP contribution in [0.2, 0.25) is 0 Å². The summed E-state index contributed by atoms with van der Waals surface area (Å²) in [6.07, 6.45) is -4.65. The number of rotatable bonds is 4. The molecule has 0 saturated carbocycles. The molecule has 0 unspecified atom stereocenters. The van der Waals surface area contributed by atoms with E-state index in [9.17, 15) is 27.2 Å². The van der Waals surface area contributed by atoms with Crippen molar-refractivity contribution < 1.29 is 27.2 Å². The van der Waals surface area contributed by atoms with Crippen LogP contribution in [0.5, 0.6) is 0 Å². The second kappa shape index (κ2) is 6.69. The summed E-state index contributed by atoms with van der Waals surface area (Å²) in [5.41, 5.74) is 0.00747. The molecule has 0 aliphatic rings. The number of alkyl halides is 3. The summed E-state index contributed by atoms with van der Waals surface area (Å²) in [5, 5.41) is 8.79. The maximum atomic E-state index is 12.9. The van der Waals surface area contributed by atoms with E-state index in [0.717, 1.165) is 12.1 Å². The zero-order valence-electron chi connectivity index (χ0n) is 11.1. The van der Waals surface area contributed by atoms with Gasteiger partial charge in [-0.15, -0.1) is 10.2 Å². The molecular formula is C12H8F4N4O2S. The molecule has 2 amide bonds. The first-order chi connectivity index (χ1) is 10.8. The van der Waals surface area contributed by atoms with Gasteiger partial charge in [-0.05, 0) is 18.2 Å². The van der Waals surface area contributed by atoms with Crippen LogP contribution in [0, 0.1) is 5.82 Å². The van der Waals surface area contributed by atoms with Gasteiger partial charge >= 0.3 is 6.18 Å². The smallest absolute Gasteiger partial charge is 0.343 e. The van der Waals surface area contributed by atoms with Crippen LogP contribution in [0.25, 0.3) is 0 Å². The Labute approximate surface area is 130 Å². The van der Waals surface area contributed by atoms with Crippen molar-refractivity contribution in [2.45, 2.75) is 6.18 Å². The van der Waals surface area contributed by atoms with E-state index < -0.39 is 35.4 Å². The Kier molecular flexibility index (Phi) is 4.89. The van der Waals surface area contributed by atoms with Crippen LogP contribution in [0.15, 0.2) is 24.3 Å². The number of carbonyl (C=O) groups is 2. The predicted molar refractivity (Wildman–Crippen MR) is 72.3 cm³/mol. The lowest BCUT2D eigenvalue weighted by molar-refractivity contribution is -0.138. The first kappa shape index (κ1) is 16.8. The molecule has 0 fully saturated rings. The van der Waals surface area contributed by atoms with Crippen LogP contribution in [0.4, 0.5) is 22.7 Å². The Hall–Kier alpha value is -2.56. The van der Waals surface area contributed by atoms with Gasteiger partial charge in [-0.1, -0.05) is 17.4 Å². The molecule has 0 aliphatic heterocycles. The lowest BCUT2D eigenvalue weighted by atomic mass is 10.2. The number of halogens is 4. The molecule has 1 heterocycles. The van der Waals surface area contributed by atoms with Gasteiger partial charge in [-0.2, -0.15) is 13.2 Å². The molecule has 0 aliphatic carbocycles. The van der Waals surface area contributed by atoms with Crippen LogP contribution >= 0.6 is 11.3 Å². The molecule has 2 aromatic rings. The minimum absolute atomic E-state index is 0.00747. The van der Waals surface area contributed by atoms with Crippen molar-refractivity contribution in [1.82, 2.24) is 15.5 Å². The average molecular weight is 348 g/mol. The van der Waals surface area contributed by atoms with Crippen molar-refractivity contribution in [2.75, 3.05) is 11.9 Å². The van der Waals surface area contributed by atoms with E-state index in [2.05, 4.69) is 20.8 Å². The fraction of sp³-hybridized carbons (Fsp3) is 0.167. The Balaban J connectivity index is 1.88. The standard InChI is InChI=1S/C12H8F4N4O2S/c13-7-3-1-2-6(4-7)9(22)17-5-8(21)18-11-20-19-10(23-11)12(14,15)16/h1-4H,5H2,(H,17,22)(H,18,20,21). The van der Waals surface area contributed by atoms with E-state index in [1.54, 1.807) is 0 Å². The summed E-state index contributed by atoms with van der Waals surface area (Å²) in [5.74, 6) is -2.11. The van der Waals surface area contributed by atoms with E-state index in [4.69, 9.17) is 0 Å². The van der Waals surface area contributed by atoms with Crippen LogP contribution in [-0.2, 0) is 11.0 Å². The molecule has 2 N–H and O–H groups in total. The molecule has 1 aromatic heterocycles. The van der Waals surface area contributed by atoms with Gasteiger partial charge in [0.15, 0.2) is 0 Å². The summed E-state index contributed by atoms with van der Waals surface area (Å²) >= 11 is 0.159. The summed E-state index contributed by atoms with van der Waals surface area (Å²) in [4.78, 5) is 23.2. The molecule has 11 heteroatoms. The van der Waals surface area contributed by atoms with Crippen LogP contribution in [0.3, 0.4) is 0 Å². The second-order valence-electron chi connectivity index (χ2n) is 4.15. The summed E-state index contributed by atoms with van der Waals surface area (Å²) in [6.45, 7) is -0.518. The van der Waals surface area contributed by atoms with Crippen molar-refractivity contribution in [1.29, 1.82) is 0 Å². The molecule has 2 rings (SSSR count). The quantitative estimate of drug-likeness (QED) is 0.829. The second-order valence-corrected chi connectivity index (χ2v) is 5.13. The first-order valence-corrected chi connectivity index (χ1v) is 6.81. The SMILES string of the molecule is O=C(CNC(=O)c1cccc(F)c1)Nc1nnc(C(F)(F)F)s1. The third-order valence-electron chi connectivity index (χ3n) is 2.41. The van der Waals surface area contributed by atoms with Gasteiger partial charge < -0.3 is 5.32 Å². The number of benzene rings is 1. The lowest BCUT2D eigenvalue weighted by Crippen LogP contribution is -2.32. The van der Waals surface area contributed by atoms with Gasteiger partial charge in [-0.25, -0.2) is 4.39 Å². The van der Waals surface area contributed by atoms with Crippen molar-refractivity contribution in [3.05, 3.63) is 40.7 Å². The minimum atomic E-state index is -4.65. The van der Waals surface area contributed by atoms with Crippen molar-refractivity contribution in [3.63, 3.8) is 0 Å². The summed E-state index contributed by atoms with van der Waals surface area (Å²) < 4.78 is 49.9. The maximum Gasteiger partial charge on any atom is 0.445 e. The molecule has 0 radical (unpaired) electrons. The van der Waals surface area contributed by atoms with Crippen LogP contribution < -0.4 is 10.6 Å². The van der Waals surface area contributed by atoms with Crippen molar-refractivity contribution >= 4 is 28.3 Å². The van der Waals surface area contributed by atoms with Gasteiger partial charge in [-0.3, -0.25) is 14.9 Å². The largest absolute Gasteiger partial charge is 0.445 e. The molecule has 6 nitrogen and oxygen atoms in total. The number of nitrogens with zero attached hydrogens (tertiary/aromatic N) is 2. The van der Waals surface area contributed by atoms with Gasteiger partial charge in [0.25, 0.3) is 5.91 Å². The van der Waals surface area contributed by atoms with Gasteiger partial charge in [0.2, 0.25) is 16.0 Å². The van der Waals surface area contributed by atoms with Crippen LogP contribution in [0.1, 0.15) is 15.4 Å². The maximum absolute atomic E-state index is 12.9. The number of nitrogens with one attached hydrogen (secondary N) is 2. The molecule has 0 saturated heterocycles. The van der Waals surface area contributed by atoms with E-state index in [-0.39, 0.29) is 22.0 Å². The fourth-order valence-corrected chi connectivity index (χ4v) is 2.07. The van der Waals surface area contributed by atoms with E-state index in [1.807, 2.05) is 0 Å². The highest BCUT2D eigenvalue weighted by molar-refractivity contribution is 7.15. The first-order valence-electron chi connectivity index (χ1n) is 6.00. The molecule has 0 spiro atoms. The average Bonchev–Trinajstić information content (AvgIpc) is 2.93. The molecule has 0 bridgehead atoms. The molecule has 23 heavy (non-hydrogen) atoms. The number of hydrogen-bond acceptors (Lipinski definition) is 5. The number of aromatic nitrogens is 2. The third kappa shape index (κ3) is 4.71. The predicted octanol–water partition coefficient (Wildman–Crippen LogP) is 2.06. The Bertz CT molecular complexity index is 732. The molecule has 122 valence electrons. The van der Waals surface area contributed by atoms with Gasteiger partial charge in [0.05, 0.1) is 6.54 Å². The number of anilines is 1. The topological polar surface area (TPSA) is 84.0 Å². The van der Waals surface area contributed by atoms with E-state index >= 15 is 0 Å².